The van der Waals surface area contributed by atoms with Gasteiger partial charge in [0, 0.05) is 30.3 Å². The van der Waals surface area contributed by atoms with Crippen LogP contribution in [-0.4, -0.2) is 40.6 Å². The van der Waals surface area contributed by atoms with Crippen molar-refractivity contribution in [3.63, 3.8) is 0 Å². The predicted molar refractivity (Wildman–Crippen MR) is 125 cm³/mol. The van der Waals surface area contributed by atoms with Gasteiger partial charge >= 0.3 is 5.69 Å². The predicted octanol–water partition coefficient (Wildman–Crippen LogP) is 3.21. The maximum Gasteiger partial charge on any atom is 0.301 e. The Morgan fingerprint density at radius 3 is 2.38 bits per heavy atom. The molecule has 0 saturated carbocycles. The Morgan fingerprint density at radius 2 is 1.82 bits per heavy atom. The number of nitro benzene ring substituents is 2. The third-order valence-corrected chi connectivity index (χ3v) is 6.71. The van der Waals surface area contributed by atoms with Crippen molar-refractivity contribution in [1.29, 1.82) is 0 Å². The zero-order chi connectivity index (χ0) is 24.9. The van der Waals surface area contributed by atoms with Crippen molar-refractivity contribution in [3.8, 4) is 0 Å². The van der Waals surface area contributed by atoms with Crippen LogP contribution in [0.1, 0.15) is 11.9 Å². The Kier molecular flexibility index (Phi) is 7.28. The molecule has 0 aliphatic carbocycles. The third kappa shape index (κ3) is 5.96. The van der Waals surface area contributed by atoms with Crippen molar-refractivity contribution < 1.29 is 23.1 Å². The van der Waals surface area contributed by atoms with Crippen molar-refractivity contribution in [2.75, 3.05) is 16.5 Å². The van der Waals surface area contributed by atoms with E-state index >= 15 is 0 Å². The highest BCUT2D eigenvalue weighted by Gasteiger charge is 2.23. The van der Waals surface area contributed by atoms with Crippen molar-refractivity contribution in [2.24, 2.45) is 5.10 Å². The average Bonchev–Trinajstić information content (AvgIpc) is 3.31. The van der Waals surface area contributed by atoms with Crippen molar-refractivity contribution in [2.45, 2.75) is 11.8 Å². The van der Waals surface area contributed by atoms with Gasteiger partial charge in [0.15, 0.2) is 9.84 Å². The number of hydrogen-bond acceptors (Lipinski definition) is 11. The number of rotatable bonds is 9. The highest BCUT2D eigenvalue weighted by molar-refractivity contribution is 7.92. The number of hydrazone groups is 1. The van der Waals surface area contributed by atoms with Gasteiger partial charge in [-0.05, 0) is 30.3 Å². The zero-order valence-electron chi connectivity index (χ0n) is 17.4. The molecule has 1 heterocycles. The summed E-state index contributed by atoms with van der Waals surface area (Å²) in [5.41, 5.74) is 1.59. The molecule has 0 spiro atoms. The number of hydrogen-bond donors (Lipinski definition) is 2. The molecule has 3 aromatic rings. The number of thiazole rings is 1. The summed E-state index contributed by atoms with van der Waals surface area (Å²) in [7, 11) is -3.92. The molecule has 0 aliphatic rings. The maximum absolute atomic E-state index is 13.0. The van der Waals surface area contributed by atoms with Gasteiger partial charge in [0.05, 0.1) is 20.8 Å². The summed E-state index contributed by atoms with van der Waals surface area (Å²) in [4.78, 5) is 35.8. The van der Waals surface area contributed by atoms with Crippen LogP contribution in [0.3, 0.4) is 0 Å². The number of carbonyl (C=O) groups excluding carboxylic acids is 1. The van der Waals surface area contributed by atoms with Gasteiger partial charge in [-0.25, -0.2) is 13.4 Å². The van der Waals surface area contributed by atoms with Crippen LogP contribution in [0.15, 0.2) is 64.0 Å². The van der Waals surface area contributed by atoms with Gasteiger partial charge in [-0.2, -0.15) is 5.10 Å². The van der Waals surface area contributed by atoms with E-state index in [4.69, 9.17) is 0 Å². The smallest absolute Gasteiger partial charge is 0.301 e. The Labute approximate surface area is 196 Å². The molecular weight excluding hydrogens is 488 g/mol. The summed E-state index contributed by atoms with van der Waals surface area (Å²) in [6.45, 7) is 1.32. The van der Waals surface area contributed by atoms with Crippen LogP contribution in [0, 0.1) is 20.2 Å². The number of amides is 1. The second-order valence-corrected chi connectivity index (χ2v) is 9.57. The molecule has 34 heavy (non-hydrogen) atoms. The van der Waals surface area contributed by atoms with Crippen molar-refractivity contribution in [3.05, 3.63) is 79.3 Å². The summed E-state index contributed by atoms with van der Waals surface area (Å²) in [6.07, 6.45) is 1.44. The minimum Gasteiger partial charge on any atom is -0.326 e. The van der Waals surface area contributed by atoms with Gasteiger partial charge in [-0.1, -0.05) is 0 Å². The summed E-state index contributed by atoms with van der Waals surface area (Å²) in [5.74, 6) is -0.895. The fourth-order valence-electron chi connectivity index (χ4n) is 2.73. The Hall–Kier alpha value is -4.24. The van der Waals surface area contributed by atoms with Crippen molar-refractivity contribution in [1.82, 2.24) is 4.98 Å². The number of non-ortho nitro benzene ring substituents is 1. The van der Waals surface area contributed by atoms with Crippen LogP contribution >= 0.6 is 11.3 Å². The minimum atomic E-state index is -3.92. The lowest BCUT2D eigenvalue weighted by atomic mass is 10.2. The normalized spacial score (nSPS) is 11.6. The SMILES string of the molecule is CC(=O)Nc1ccc(S(=O)(=O)C/C(=N/Nc2ccc([N+](=O)[O-])cc2[N+](=O)[O-])c2nccs2)cc1. The van der Waals surface area contributed by atoms with Crippen LogP contribution < -0.4 is 10.7 Å². The molecule has 3 rings (SSSR count). The van der Waals surface area contributed by atoms with E-state index in [9.17, 15) is 33.4 Å². The first-order valence-corrected chi connectivity index (χ1v) is 11.9. The largest absolute Gasteiger partial charge is 0.326 e. The summed E-state index contributed by atoms with van der Waals surface area (Å²) >= 11 is 1.11. The van der Waals surface area contributed by atoms with Gasteiger partial charge in [0.1, 0.15) is 22.2 Å². The fourth-order valence-corrected chi connectivity index (χ4v) is 4.72. The number of anilines is 2. The second kappa shape index (κ2) is 10.1. The molecule has 0 unspecified atom stereocenters. The number of nitrogens with one attached hydrogen (secondary N) is 2. The molecule has 0 fully saturated rings. The van der Waals surface area contributed by atoms with E-state index in [0.29, 0.717) is 5.69 Å². The van der Waals surface area contributed by atoms with E-state index in [1.807, 2.05) is 0 Å². The number of benzene rings is 2. The van der Waals surface area contributed by atoms with E-state index in [1.165, 1.54) is 37.4 Å². The summed E-state index contributed by atoms with van der Waals surface area (Å²) in [5, 5.41) is 30.7. The molecule has 0 aliphatic heterocycles. The van der Waals surface area contributed by atoms with Crippen LogP contribution in [0.25, 0.3) is 0 Å². The zero-order valence-corrected chi connectivity index (χ0v) is 19.0. The minimum absolute atomic E-state index is 0.0198. The van der Waals surface area contributed by atoms with Gasteiger partial charge in [-0.15, -0.1) is 11.3 Å². The molecule has 1 aromatic heterocycles. The van der Waals surface area contributed by atoms with E-state index < -0.39 is 36.8 Å². The molecule has 2 aromatic carbocycles. The standard InChI is InChI=1S/C19H16N6O7S2/c1-12(26)21-13-2-5-15(6-3-13)34(31,32)11-17(19-20-8-9-33-19)23-22-16-7-4-14(24(27)28)10-18(16)25(29)30/h2-10,22H,11H2,1H3,(H,21,26)/b23-17-. The topological polar surface area (TPSA) is 187 Å². The fraction of sp³-hybridized carbons (Fsp3) is 0.105. The Morgan fingerprint density at radius 1 is 1.12 bits per heavy atom. The monoisotopic (exact) mass is 504 g/mol. The van der Waals surface area contributed by atoms with E-state index in [2.05, 4.69) is 20.8 Å². The third-order valence-electron chi connectivity index (χ3n) is 4.24. The van der Waals surface area contributed by atoms with E-state index in [1.54, 1.807) is 5.38 Å². The molecule has 0 atom stereocenters. The number of nitrogens with zero attached hydrogens (tertiary/aromatic N) is 4. The molecule has 1 amide bonds. The first kappa shape index (κ1) is 24.4. The first-order valence-electron chi connectivity index (χ1n) is 9.32. The van der Waals surface area contributed by atoms with Crippen LogP contribution in [0.5, 0.6) is 0 Å². The van der Waals surface area contributed by atoms with E-state index in [0.717, 1.165) is 29.5 Å². The number of carbonyl (C=O) groups is 1. The summed E-state index contributed by atoms with van der Waals surface area (Å²) < 4.78 is 26.0. The van der Waals surface area contributed by atoms with Crippen LogP contribution in [-0.2, 0) is 14.6 Å². The van der Waals surface area contributed by atoms with Gasteiger partial charge < -0.3 is 5.32 Å². The number of sulfone groups is 1. The highest BCUT2D eigenvalue weighted by Crippen LogP contribution is 2.29. The quantitative estimate of drug-likeness (QED) is 0.250. The van der Waals surface area contributed by atoms with E-state index in [-0.39, 0.29) is 27.2 Å². The Bertz CT molecular complexity index is 1370. The summed E-state index contributed by atoms with van der Waals surface area (Å²) in [6, 6.07) is 8.47. The highest BCUT2D eigenvalue weighted by atomic mass is 32.2. The molecule has 0 bridgehead atoms. The lowest BCUT2D eigenvalue weighted by molar-refractivity contribution is -0.393. The van der Waals surface area contributed by atoms with Crippen LogP contribution in [0.2, 0.25) is 0 Å². The molecule has 0 radical (unpaired) electrons. The number of nitro groups is 2. The lowest BCUT2D eigenvalue weighted by Crippen LogP contribution is -2.19. The molecule has 0 saturated heterocycles. The second-order valence-electron chi connectivity index (χ2n) is 6.69. The maximum atomic E-state index is 13.0. The van der Waals surface area contributed by atoms with Gasteiger partial charge in [-0.3, -0.25) is 30.4 Å². The first-order chi connectivity index (χ1) is 16.1. The van der Waals surface area contributed by atoms with Crippen molar-refractivity contribution >= 4 is 55.5 Å². The Balaban J connectivity index is 1.92. The molecule has 15 heteroatoms. The van der Waals surface area contributed by atoms with Crippen LogP contribution in [0.4, 0.5) is 22.7 Å². The van der Waals surface area contributed by atoms with Gasteiger partial charge in [0.2, 0.25) is 5.91 Å². The number of aromatic nitrogens is 1. The lowest BCUT2D eigenvalue weighted by Gasteiger charge is -2.09. The average molecular weight is 505 g/mol. The van der Waals surface area contributed by atoms with Gasteiger partial charge in [0.25, 0.3) is 5.69 Å². The molecule has 13 nitrogen and oxygen atoms in total. The molecule has 176 valence electrons. The molecular formula is C19H16N6O7S2. The molecule has 2 N–H and O–H groups in total.